The van der Waals surface area contributed by atoms with Gasteiger partial charge in [0, 0.05) is 25.4 Å². The first-order valence-corrected chi connectivity index (χ1v) is 4.71. The number of ketones is 1. The molecule has 0 bridgehead atoms. The van der Waals surface area contributed by atoms with Gasteiger partial charge in [-0.2, -0.15) is 0 Å². The van der Waals surface area contributed by atoms with E-state index in [-0.39, 0.29) is 18.2 Å². The van der Waals surface area contributed by atoms with Crippen LogP contribution >= 0.6 is 0 Å². The Morgan fingerprint density at radius 3 is 3.00 bits per heavy atom. The summed E-state index contributed by atoms with van der Waals surface area (Å²) >= 11 is 0. The van der Waals surface area contributed by atoms with E-state index < -0.39 is 0 Å². The molecule has 0 saturated carbocycles. The van der Waals surface area contributed by atoms with E-state index in [0.29, 0.717) is 18.5 Å². The van der Waals surface area contributed by atoms with Gasteiger partial charge in [-0.3, -0.25) is 9.59 Å². The number of nitrogens with one attached hydrogen (secondary N) is 1. The van der Waals surface area contributed by atoms with Crippen LogP contribution < -0.4 is 0 Å². The zero-order valence-electron chi connectivity index (χ0n) is 7.82. The molecule has 1 aromatic rings. The Kier molecular flexibility index (Phi) is 2.35. The number of likely N-dealkylation sites (tertiary alicyclic amines) is 1. The van der Waals surface area contributed by atoms with E-state index in [1.54, 1.807) is 23.4 Å². The molecule has 0 unspecified atom stereocenters. The Bertz CT molecular complexity index is 343. The molecule has 1 aliphatic rings. The molecular formula is C10H12N2O2. The molecule has 14 heavy (non-hydrogen) atoms. The molecule has 74 valence electrons. The summed E-state index contributed by atoms with van der Waals surface area (Å²) in [5.41, 5.74) is 0.625. The average Bonchev–Trinajstić information content (AvgIpc) is 2.69. The van der Waals surface area contributed by atoms with Crippen LogP contribution in [-0.2, 0) is 4.79 Å². The van der Waals surface area contributed by atoms with Gasteiger partial charge in [-0.1, -0.05) is 0 Å². The van der Waals surface area contributed by atoms with Crippen molar-refractivity contribution in [1.82, 2.24) is 9.88 Å². The lowest BCUT2D eigenvalue weighted by Gasteiger charge is -2.25. The largest absolute Gasteiger partial charge is 0.367 e. The highest BCUT2D eigenvalue weighted by Gasteiger charge is 2.22. The molecule has 0 atom stereocenters. The fraction of sp³-hybridized carbons (Fsp3) is 0.400. The molecule has 1 aromatic heterocycles. The van der Waals surface area contributed by atoms with Crippen molar-refractivity contribution >= 4 is 11.7 Å². The van der Waals surface area contributed by atoms with Crippen LogP contribution in [0.25, 0.3) is 0 Å². The lowest BCUT2D eigenvalue weighted by molar-refractivity contribution is -0.121. The average molecular weight is 192 g/mol. The Hall–Kier alpha value is -1.58. The quantitative estimate of drug-likeness (QED) is 0.716. The maximum absolute atomic E-state index is 11.8. The van der Waals surface area contributed by atoms with Crippen molar-refractivity contribution in [2.45, 2.75) is 12.8 Å². The van der Waals surface area contributed by atoms with Crippen LogP contribution in [0.4, 0.5) is 0 Å². The normalized spacial score (nSPS) is 17.1. The van der Waals surface area contributed by atoms with E-state index in [1.165, 1.54) is 0 Å². The van der Waals surface area contributed by atoms with Gasteiger partial charge in [-0.15, -0.1) is 0 Å². The molecular weight excluding hydrogens is 180 g/mol. The first kappa shape index (κ1) is 8.99. The number of Topliss-reactive ketones (excluding diaryl/α,β-unsaturated/α-hetero) is 1. The molecule has 1 fully saturated rings. The standard InChI is InChI=1S/C10H12N2O2/c13-9-2-1-5-12(7-9)10(14)8-3-4-11-6-8/h3-4,6,11H,1-2,5,7H2. The molecule has 1 saturated heterocycles. The van der Waals surface area contributed by atoms with Crippen LogP contribution in [0.3, 0.4) is 0 Å². The van der Waals surface area contributed by atoms with Gasteiger partial charge >= 0.3 is 0 Å². The topological polar surface area (TPSA) is 53.2 Å². The number of amides is 1. The zero-order valence-corrected chi connectivity index (χ0v) is 7.82. The third kappa shape index (κ3) is 1.69. The van der Waals surface area contributed by atoms with Gasteiger partial charge in [0.2, 0.25) is 0 Å². The van der Waals surface area contributed by atoms with Gasteiger partial charge in [0.15, 0.2) is 5.78 Å². The number of nitrogens with zero attached hydrogens (tertiary/aromatic N) is 1. The number of H-pyrrole nitrogens is 1. The first-order chi connectivity index (χ1) is 6.77. The second kappa shape index (κ2) is 3.65. The fourth-order valence-electron chi connectivity index (χ4n) is 1.65. The van der Waals surface area contributed by atoms with E-state index in [9.17, 15) is 9.59 Å². The van der Waals surface area contributed by atoms with Crippen molar-refractivity contribution in [3.05, 3.63) is 24.0 Å². The lowest BCUT2D eigenvalue weighted by atomic mass is 10.1. The van der Waals surface area contributed by atoms with E-state index >= 15 is 0 Å². The summed E-state index contributed by atoms with van der Waals surface area (Å²) in [5, 5.41) is 0. The summed E-state index contributed by atoms with van der Waals surface area (Å²) < 4.78 is 0. The van der Waals surface area contributed by atoms with Gasteiger partial charge in [0.05, 0.1) is 12.1 Å². The molecule has 4 heteroatoms. The Labute approximate surface area is 81.9 Å². The van der Waals surface area contributed by atoms with Crippen molar-refractivity contribution in [3.63, 3.8) is 0 Å². The SMILES string of the molecule is O=C1CCCN(C(=O)c2cc[nH]c2)C1. The van der Waals surface area contributed by atoms with Gasteiger partial charge in [-0.25, -0.2) is 0 Å². The summed E-state index contributed by atoms with van der Waals surface area (Å²) in [4.78, 5) is 27.3. The number of carbonyl (C=O) groups excluding carboxylic acids is 2. The molecule has 0 aliphatic carbocycles. The van der Waals surface area contributed by atoms with Gasteiger partial charge in [0.1, 0.15) is 0 Å². The molecule has 1 amide bonds. The number of hydrogen-bond acceptors (Lipinski definition) is 2. The highest BCUT2D eigenvalue weighted by atomic mass is 16.2. The van der Waals surface area contributed by atoms with Crippen LogP contribution in [0.2, 0.25) is 0 Å². The van der Waals surface area contributed by atoms with Crippen LogP contribution in [-0.4, -0.2) is 34.7 Å². The maximum atomic E-state index is 11.8. The first-order valence-electron chi connectivity index (χ1n) is 4.71. The fourth-order valence-corrected chi connectivity index (χ4v) is 1.65. The minimum atomic E-state index is -0.0562. The number of hydrogen-bond donors (Lipinski definition) is 1. The Balaban J connectivity index is 2.08. The van der Waals surface area contributed by atoms with E-state index in [0.717, 1.165) is 6.42 Å². The van der Waals surface area contributed by atoms with Crippen molar-refractivity contribution in [1.29, 1.82) is 0 Å². The Morgan fingerprint density at radius 1 is 1.50 bits per heavy atom. The summed E-state index contributed by atoms with van der Waals surface area (Å²) in [6, 6.07) is 1.72. The minimum absolute atomic E-state index is 0.0562. The molecule has 1 N–H and O–H groups in total. The molecule has 2 heterocycles. The lowest BCUT2D eigenvalue weighted by Crippen LogP contribution is -2.39. The van der Waals surface area contributed by atoms with E-state index in [4.69, 9.17) is 0 Å². The number of piperidine rings is 1. The number of aromatic amines is 1. The summed E-state index contributed by atoms with van der Waals surface area (Å²) in [6.07, 6.45) is 4.76. The molecule has 0 radical (unpaired) electrons. The molecule has 1 aliphatic heterocycles. The summed E-state index contributed by atoms with van der Waals surface area (Å²) in [5.74, 6) is 0.0967. The van der Waals surface area contributed by atoms with E-state index in [1.807, 2.05) is 0 Å². The van der Waals surface area contributed by atoms with Crippen molar-refractivity contribution in [2.75, 3.05) is 13.1 Å². The van der Waals surface area contributed by atoms with E-state index in [2.05, 4.69) is 4.98 Å². The predicted octanol–water partition coefficient (Wildman–Crippen LogP) is 0.820. The third-order valence-electron chi connectivity index (χ3n) is 2.38. The highest BCUT2D eigenvalue weighted by Crippen LogP contribution is 2.10. The van der Waals surface area contributed by atoms with Crippen LogP contribution in [0.15, 0.2) is 18.5 Å². The van der Waals surface area contributed by atoms with Gasteiger partial charge in [0.25, 0.3) is 5.91 Å². The summed E-state index contributed by atoms with van der Waals surface area (Å²) in [7, 11) is 0. The molecule has 0 aromatic carbocycles. The van der Waals surface area contributed by atoms with Crippen LogP contribution in [0.1, 0.15) is 23.2 Å². The van der Waals surface area contributed by atoms with Crippen molar-refractivity contribution in [2.24, 2.45) is 0 Å². The van der Waals surface area contributed by atoms with Gasteiger partial charge < -0.3 is 9.88 Å². The second-order valence-electron chi connectivity index (χ2n) is 3.47. The van der Waals surface area contributed by atoms with Crippen LogP contribution in [0.5, 0.6) is 0 Å². The Morgan fingerprint density at radius 2 is 2.36 bits per heavy atom. The molecule has 2 rings (SSSR count). The number of rotatable bonds is 1. The number of aromatic nitrogens is 1. The minimum Gasteiger partial charge on any atom is -0.367 e. The number of carbonyl (C=O) groups is 2. The van der Waals surface area contributed by atoms with Crippen LogP contribution in [0, 0.1) is 0 Å². The predicted molar refractivity (Wildman–Crippen MR) is 50.9 cm³/mol. The van der Waals surface area contributed by atoms with Crippen molar-refractivity contribution < 1.29 is 9.59 Å². The summed E-state index contributed by atoms with van der Waals surface area (Å²) in [6.45, 7) is 0.958. The maximum Gasteiger partial charge on any atom is 0.255 e. The highest BCUT2D eigenvalue weighted by molar-refractivity contribution is 5.97. The monoisotopic (exact) mass is 192 g/mol. The molecule has 4 nitrogen and oxygen atoms in total. The second-order valence-corrected chi connectivity index (χ2v) is 3.47. The smallest absolute Gasteiger partial charge is 0.255 e. The zero-order chi connectivity index (χ0) is 9.97. The third-order valence-corrected chi connectivity index (χ3v) is 2.38. The van der Waals surface area contributed by atoms with Crippen molar-refractivity contribution in [3.8, 4) is 0 Å². The van der Waals surface area contributed by atoms with Gasteiger partial charge in [-0.05, 0) is 12.5 Å². The molecule has 0 spiro atoms.